The van der Waals surface area contributed by atoms with E-state index in [0.29, 0.717) is 11.8 Å². The number of aryl methyl sites for hydroxylation is 1. The number of aliphatic hydroxyl groups is 1. The van der Waals surface area contributed by atoms with Gasteiger partial charge in [0.2, 0.25) is 0 Å². The second-order valence-electron chi connectivity index (χ2n) is 8.70. The normalized spacial score (nSPS) is 37.4. The second-order valence-corrected chi connectivity index (χ2v) is 9.70. The molecule has 1 nitrogen and oxygen atoms in total. The van der Waals surface area contributed by atoms with Crippen LogP contribution in [0.5, 0.6) is 0 Å². The van der Waals surface area contributed by atoms with Crippen LogP contribution in [-0.2, 0) is 12.0 Å². The summed E-state index contributed by atoms with van der Waals surface area (Å²) in [5.74, 6) is 2.76. The van der Waals surface area contributed by atoms with E-state index in [1.54, 1.807) is 0 Å². The van der Waals surface area contributed by atoms with Gasteiger partial charge in [0, 0.05) is 10.2 Å². The van der Waals surface area contributed by atoms with E-state index in [-0.39, 0.29) is 0 Å². The van der Waals surface area contributed by atoms with Crippen LogP contribution in [0.15, 0.2) is 36.4 Å². The molecule has 0 unspecified atom stereocenters. The lowest BCUT2D eigenvalue weighted by Crippen LogP contribution is -2.55. The van der Waals surface area contributed by atoms with Crippen molar-refractivity contribution < 1.29 is 5.11 Å². The van der Waals surface area contributed by atoms with Gasteiger partial charge in [-0.05, 0) is 84.1 Å². The van der Waals surface area contributed by atoms with Crippen LogP contribution in [0.3, 0.4) is 0 Å². The molecular weight excluding hydrogens is 308 g/mol. The molecule has 2 aromatic rings. The van der Waals surface area contributed by atoms with Gasteiger partial charge in [-0.15, -0.1) is 0 Å². The Balaban J connectivity index is 1.68. The monoisotopic (exact) mass is 336 g/mol. The zero-order valence-electron chi connectivity index (χ0n) is 14.7. The van der Waals surface area contributed by atoms with Gasteiger partial charge in [0.05, 0.1) is 5.60 Å². The molecule has 0 heterocycles. The Bertz CT molecular complexity index is 753. The average molecular weight is 337 g/mol. The van der Waals surface area contributed by atoms with E-state index >= 15 is 0 Å². The van der Waals surface area contributed by atoms with Crippen molar-refractivity contribution in [3.05, 3.63) is 47.5 Å². The molecule has 2 aromatic carbocycles. The Morgan fingerprint density at radius 3 is 2.12 bits per heavy atom. The molecule has 4 fully saturated rings. The fraction of sp³-hybridized carbons (Fsp3) is 0.545. The van der Waals surface area contributed by atoms with Gasteiger partial charge in [-0.3, -0.25) is 0 Å². The fourth-order valence-corrected chi connectivity index (χ4v) is 7.08. The number of benzene rings is 2. The number of fused-ring (bicyclic) bond motifs is 1. The van der Waals surface area contributed by atoms with Crippen LogP contribution < -0.4 is 0 Å². The molecule has 1 N–H and O–H groups in total. The first-order chi connectivity index (χ1) is 11.7. The Kier molecular flexibility index (Phi) is 3.43. The van der Waals surface area contributed by atoms with Crippen LogP contribution in [0.25, 0.3) is 10.8 Å². The molecule has 4 aliphatic carbocycles. The summed E-state index contributed by atoms with van der Waals surface area (Å²) in [5.41, 5.74) is 2.13. The van der Waals surface area contributed by atoms with Gasteiger partial charge in [-0.2, -0.15) is 0 Å². The standard InChI is InChI=1S/C22H28OSi/c23-22(17-10-14-9-15(12-17)13-18(22)11-14)21-6-5-16(7-8-24)19-3-1-2-4-20(19)21/h1-6,14-15,17-18,23H,7-13H2,24H3. The van der Waals surface area contributed by atoms with E-state index < -0.39 is 5.60 Å². The van der Waals surface area contributed by atoms with Gasteiger partial charge >= 0.3 is 0 Å². The van der Waals surface area contributed by atoms with Gasteiger partial charge < -0.3 is 5.11 Å². The van der Waals surface area contributed by atoms with Gasteiger partial charge in [0.1, 0.15) is 0 Å². The van der Waals surface area contributed by atoms with E-state index in [4.69, 9.17) is 0 Å². The smallest absolute Gasteiger partial charge is 0.0958 e. The zero-order chi connectivity index (χ0) is 16.3. The van der Waals surface area contributed by atoms with Crippen LogP contribution in [-0.4, -0.2) is 15.3 Å². The van der Waals surface area contributed by atoms with Crippen LogP contribution in [0.4, 0.5) is 0 Å². The van der Waals surface area contributed by atoms with E-state index in [1.165, 1.54) is 76.7 Å². The summed E-state index contributed by atoms with van der Waals surface area (Å²) in [6, 6.07) is 14.7. The molecule has 4 aliphatic rings. The summed E-state index contributed by atoms with van der Waals surface area (Å²) >= 11 is 0. The third-order valence-corrected chi connectivity index (χ3v) is 7.85. The molecule has 126 valence electrons. The highest BCUT2D eigenvalue weighted by atomic mass is 28.1. The molecule has 4 bridgehead atoms. The van der Waals surface area contributed by atoms with Crippen molar-refractivity contribution in [3.8, 4) is 0 Å². The van der Waals surface area contributed by atoms with Crippen molar-refractivity contribution in [2.45, 2.75) is 50.2 Å². The van der Waals surface area contributed by atoms with E-state index in [9.17, 15) is 5.11 Å². The Morgan fingerprint density at radius 2 is 1.50 bits per heavy atom. The van der Waals surface area contributed by atoms with Gasteiger partial charge in [-0.25, -0.2) is 0 Å². The third kappa shape index (κ3) is 2.02. The van der Waals surface area contributed by atoms with Crippen LogP contribution in [0.2, 0.25) is 6.04 Å². The summed E-state index contributed by atoms with van der Waals surface area (Å²) in [5, 5.41) is 14.7. The fourth-order valence-electron chi connectivity index (χ4n) is 6.54. The van der Waals surface area contributed by atoms with E-state index in [0.717, 1.165) is 11.8 Å². The lowest BCUT2D eigenvalue weighted by Gasteiger charge is -2.59. The summed E-state index contributed by atoms with van der Waals surface area (Å²) in [6.07, 6.45) is 7.62. The van der Waals surface area contributed by atoms with Crippen LogP contribution in [0, 0.1) is 23.7 Å². The molecular formula is C22H28OSi. The maximum absolute atomic E-state index is 12.0. The van der Waals surface area contributed by atoms with Crippen LogP contribution >= 0.6 is 0 Å². The molecule has 0 radical (unpaired) electrons. The van der Waals surface area contributed by atoms with Crippen molar-refractivity contribution in [3.63, 3.8) is 0 Å². The first-order valence-electron chi connectivity index (χ1n) is 9.93. The molecule has 6 rings (SSSR count). The Hall–Kier alpha value is -1.12. The molecule has 4 saturated carbocycles. The van der Waals surface area contributed by atoms with Gasteiger partial charge in [-0.1, -0.05) is 42.4 Å². The van der Waals surface area contributed by atoms with Crippen molar-refractivity contribution in [2.24, 2.45) is 23.7 Å². The first-order valence-corrected chi connectivity index (χ1v) is 11.3. The largest absolute Gasteiger partial charge is 0.385 e. The molecule has 0 atom stereocenters. The molecule has 0 aromatic heterocycles. The summed E-state index contributed by atoms with van der Waals surface area (Å²) in [4.78, 5) is 0. The Morgan fingerprint density at radius 1 is 0.875 bits per heavy atom. The summed E-state index contributed by atoms with van der Waals surface area (Å²) in [7, 11) is 1.26. The van der Waals surface area contributed by atoms with Crippen molar-refractivity contribution in [1.29, 1.82) is 0 Å². The molecule has 0 saturated heterocycles. The lowest BCUT2D eigenvalue weighted by atomic mass is 9.48. The lowest BCUT2D eigenvalue weighted by molar-refractivity contribution is -0.178. The van der Waals surface area contributed by atoms with Crippen molar-refractivity contribution >= 4 is 21.0 Å². The predicted octanol–water partition coefficient (Wildman–Crippen LogP) is 3.81. The minimum absolute atomic E-state index is 0.488. The minimum Gasteiger partial charge on any atom is -0.385 e. The maximum Gasteiger partial charge on any atom is 0.0958 e. The predicted molar refractivity (Wildman–Crippen MR) is 103 cm³/mol. The summed E-state index contributed by atoms with van der Waals surface area (Å²) in [6.45, 7) is 0. The number of hydrogen-bond donors (Lipinski definition) is 1. The molecule has 0 spiro atoms. The minimum atomic E-state index is -0.577. The first kappa shape index (κ1) is 15.2. The second kappa shape index (κ2) is 5.44. The zero-order valence-corrected chi connectivity index (χ0v) is 16.7. The van der Waals surface area contributed by atoms with E-state index in [1.807, 2.05) is 0 Å². The molecule has 24 heavy (non-hydrogen) atoms. The quantitative estimate of drug-likeness (QED) is 0.845. The highest BCUT2D eigenvalue weighted by Crippen LogP contribution is 2.62. The topological polar surface area (TPSA) is 20.2 Å². The maximum atomic E-state index is 12.0. The molecule has 0 amide bonds. The number of hydrogen-bond acceptors (Lipinski definition) is 1. The molecule has 0 aliphatic heterocycles. The van der Waals surface area contributed by atoms with Gasteiger partial charge in [0.15, 0.2) is 0 Å². The number of rotatable bonds is 3. The van der Waals surface area contributed by atoms with Crippen LogP contribution in [0.1, 0.15) is 43.2 Å². The van der Waals surface area contributed by atoms with Gasteiger partial charge in [0.25, 0.3) is 0 Å². The molecule has 2 heteroatoms. The highest BCUT2D eigenvalue weighted by Gasteiger charge is 2.57. The van der Waals surface area contributed by atoms with Crippen molar-refractivity contribution in [2.75, 3.05) is 0 Å². The summed E-state index contributed by atoms with van der Waals surface area (Å²) < 4.78 is 0. The average Bonchev–Trinajstić information content (AvgIpc) is 2.59. The third-order valence-electron chi connectivity index (χ3n) is 7.35. The van der Waals surface area contributed by atoms with Crippen molar-refractivity contribution in [1.82, 2.24) is 0 Å². The highest BCUT2D eigenvalue weighted by molar-refractivity contribution is 6.08. The SMILES string of the molecule is OC1(c2ccc(CC[SiH3])c3ccccc23)C2CC3CC(C2)CC1C3. The van der Waals surface area contributed by atoms with E-state index in [2.05, 4.69) is 36.4 Å². The Labute approximate surface area is 147 Å².